The largest absolute Gasteiger partial charge is 0.587 e. The number of phosphoric acid groups is 1. The van der Waals surface area contributed by atoms with E-state index in [0.717, 1.165) is 0 Å². The second kappa shape index (κ2) is 26.2. The molecule has 0 fully saturated rings. The lowest BCUT2D eigenvalue weighted by molar-refractivity contribution is 0.168. The van der Waals surface area contributed by atoms with E-state index in [4.69, 9.17) is 13.6 Å². The number of allylic oxidation sites excluding steroid dienone is 24. The van der Waals surface area contributed by atoms with E-state index in [1.54, 1.807) is 48.6 Å². The van der Waals surface area contributed by atoms with Crippen LogP contribution in [0.25, 0.3) is 0 Å². The van der Waals surface area contributed by atoms with Gasteiger partial charge < -0.3 is 9.05 Å². The minimum Gasteiger partial charge on any atom is -0.403 e. The first-order valence-corrected chi connectivity index (χ1v) is 13.9. The number of phosphoric ester groups is 1. The smallest absolute Gasteiger partial charge is 0.403 e. The quantitative estimate of drug-likeness (QED) is 0.0762. The summed E-state index contributed by atoms with van der Waals surface area (Å²) in [5.74, 6) is 0. The molecule has 0 spiro atoms. The highest BCUT2D eigenvalue weighted by Crippen LogP contribution is 2.51. The molecule has 0 aromatic rings. The van der Waals surface area contributed by atoms with E-state index < -0.39 is 13.9 Å². The van der Waals surface area contributed by atoms with Gasteiger partial charge in [0.05, 0.1) is 12.5 Å². The zero-order valence-corrected chi connectivity index (χ0v) is 23.7. The molecule has 0 aromatic heterocycles. The second-order valence-corrected chi connectivity index (χ2v) is 8.59. The summed E-state index contributed by atoms with van der Waals surface area (Å²) in [5.41, 5.74) is 0. The molecule has 4 nitrogen and oxygen atoms in total. The van der Waals surface area contributed by atoms with Crippen LogP contribution in [0, 0.1) is 0 Å². The summed E-state index contributed by atoms with van der Waals surface area (Å²) in [7, 11) is -3.97. The molecule has 1 unspecified atom stereocenters. The van der Waals surface area contributed by atoms with Crippen molar-refractivity contribution in [2.75, 3.05) is 0 Å². The molecular formula is C33H41O4P. The first kappa shape index (κ1) is 34.2. The van der Waals surface area contributed by atoms with Crippen molar-refractivity contribution in [1.29, 1.82) is 0 Å². The third-order valence-electron chi connectivity index (χ3n) is 3.94. The van der Waals surface area contributed by atoms with Crippen LogP contribution in [0.3, 0.4) is 0 Å². The molecule has 1 atom stereocenters. The summed E-state index contributed by atoms with van der Waals surface area (Å²) in [6.07, 6.45) is 50.0. The summed E-state index contributed by atoms with van der Waals surface area (Å²) < 4.78 is 29.9. The SMILES string of the molecule is CC=C\C=C/C=C/C=C/C=C/OP(=O)(O/C=C/C=C/C=C/C=C\C=CC)OC(/C=C/C)/C=C/C=C/C=C/C. The Morgan fingerprint density at radius 1 is 0.421 bits per heavy atom. The van der Waals surface area contributed by atoms with Crippen molar-refractivity contribution in [3.63, 3.8) is 0 Å². The van der Waals surface area contributed by atoms with Crippen molar-refractivity contribution < 1.29 is 18.1 Å². The maximum atomic E-state index is 13.3. The van der Waals surface area contributed by atoms with Crippen molar-refractivity contribution in [1.82, 2.24) is 0 Å². The van der Waals surface area contributed by atoms with E-state index in [2.05, 4.69) is 0 Å². The number of hydrogen-bond donors (Lipinski definition) is 0. The Bertz CT molecular complexity index is 1010. The highest BCUT2D eigenvalue weighted by Gasteiger charge is 2.30. The van der Waals surface area contributed by atoms with Crippen LogP contribution in [0.4, 0.5) is 0 Å². The van der Waals surface area contributed by atoms with Crippen LogP contribution in [0.2, 0.25) is 0 Å². The van der Waals surface area contributed by atoms with E-state index >= 15 is 0 Å². The van der Waals surface area contributed by atoms with Gasteiger partial charge in [0.25, 0.3) is 0 Å². The zero-order valence-electron chi connectivity index (χ0n) is 22.8. The van der Waals surface area contributed by atoms with Gasteiger partial charge in [-0.25, -0.2) is 4.57 Å². The van der Waals surface area contributed by atoms with Gasteiger partial charge in [0.2, 0.25) is 0 Å². The topological polar surface area (TPSA) is 44.8 Å². The fourth-order valence-corrected chi connectivity index (χ4v) is 3.29. The van der Waals surface area contributed by atoms with Gasteiger partial charge in [0.15, 0.2) is 0 Å². The maximum absolute atomic E-state index is 13.3. The Balaban J connectivity index is 5.39. The Morgan fingerprint density at radius 2 is 0.763 bits per heavy atom. The van der Waals surface area contributed by atoms with Gasteiger partial charge in [-0.15, -0.1) is 0 Å². The average Bonchev–Trinajstić information content (AvgIpc) is 2.91. The zero-order chi connectivity index (χ0) is 28.0. The molecule has 0 rings (SSSR count). The molecule has 0 heterocycles. The summed E-state index contributed by atoms with van der Waals surface area (Å²) in [6.45, 7) is 7.71. The lowest BCUT2D eigenvalue weighted by atomic mass is 10.3. The molecule has 0 aliphatic carbocycles. The highest BCUT2D eigenvalue weighted by molar-refractivity contribution is 7.48. The Hall–Kier alpha value is -3.85. The van der Waals surface area contributed by atoms with E-state index in [1.807, 2.05) is 137 Å². The first-order chi connectivity index (χ1) is 18.6. The third-order valence-corrected chi connectivity index (χ3v) is 5.20. The Labute approximate surface area is 230 Å². The second-order valence-electron chi connectivity index (χ2n) is 7.07. The molecule has 0 bridgehead atoms. The lowest BCUT2D eigenvalue weighted by Gasteiger charge is -2.18. The van der Waals surface area contributed by atoms with E-state index in [1.165, 1.54) is 12.5 Å². The van der Waals surface area contributed by atoms with Gasteiger partial charge >= 0.3 is 7.82 Å². The molecule has 5 heteroatoms. The monoisotopic (exact) mass is 532 g/mol. The molecule has 0 radical (unpaired) electrons. The van der Waals surface area contributed by atoms with Crippen molar-refractivity contribution in [2.45, 2.75) is 33.8 Å². The number of rotatable bonds is 18. The van der Waals surface area contributed by atoms with Crippen LogP contribution in [-0.2, 0) is 18.1 Å². The molecule has 0 saturated carbocycles. The molecule has 0 amide bonds. The Morgan fingerprint density at radius 3 is 1.13 bits per heavy atom. The van der Waals surface area contributed by atoms with Crippen molar-refractivity contribution in [3.05, 3.63) is 171 Å². The molecule has 38 heavy (non-hydrogen) atoms. The van der Waals surface area contributed by atoms with Crippen LogP contribution in [0.1, 0.15) is 27.7 Å². The minimum absolute atomic E-state index is 0.618. The number of hydrogen-bond acceptors (Lipinski definition) is 4. The molecular weight excluding hydrogens is 491 g/mol. The predicted molar refractivity (Wildman–Crippen MR) is 165 cm³/mol. The van der Waals surface area contributed by atoms with Gasteiger partial charge in [-0.1, -0.05) is 146 Å². The average molecular weight is 533 g/mol. The minimum atomic E-state index is -3.97. The van der Waals surface area contributed by atoms with Gasteiger partial charge in [-0.2, -0.15) is 0 Å². The van der Waals surface area contributed by atoms with Gasteiger partial charge in [0, 0.05) is 0 Å². The molecule has 0 aliphatic heterocycles. The standard InChI is InChI=1S/C33H41O4P/c1-5-9-12-15-17-19-21-24-27-31-35-38(34,36-32-28-25-22-20-18-16-13-10-6-2)37-33(29-8-4)30-26-23-14-11-7-3/h5-33H,1-4H3/b9-5?,10-6?,11-7+,15-12-,16-13-,19-17+,20-18+,23-14+,24-21+,25-22+,29-8+,30-26+,31-27+,32-28+. The van der Waals surface area contributed by atoms with E-state index in [-0.39, 0.29) is 0 Å². The van der Waals surface area contributed by atoms with E-state index in [0.29, 0.717) is 0 Å². The highest BCUT2D eigenvalue weighted by atomic mass is 31.2. The van der Waals surface area contributed by atoms with Crippen LogP contribution < -0.4 is 0 Å². The molecule has 0 aliphatic rings. The third kappa shape index (κ3) is 22.6. The van der Waals surface area contributed by atoms with E-state index in [9.17, 15) is 4.57 Å². The predicted octanol–water partition coefficient (Wildman–Crippen LogP) is 10.3. The molecule has 202 valence electrons. The lowest BCUT2D eigenvalue weighted by Crippen LogP contribution is -2.06. The van der Waals surface area contributed by atoms with Crippen molar-refractivity contribution in [3.8, 4) is 0 Å². The molecule has 0 aromatic carbocycles. The summed E-state index contributed by atoms with van der Waals surface area (Å²) in [5, 5.41) is 0. The van der Waals surface area contributed by atoms with Gasteiger partial charge in [-0.3, -0.25) is 4.52 Å². The maximum Gasteiger partial charge on any atom is 0.587 e. The molecule has 0 N–H and O–H groups in total. The summed E-state index contributed by atoms with van der Waals surface area (Å²) in [6, 6.07) is 0. The first-order valence-electron chi connectivity index (χ1n) is 12.4. The fourth-order valence-electron chi connectivity index (χ4n) is 2.26. The van der Waals surface area contributed by atoms with Crippen molar-refractivity contribution in [2.24, 2.45) is 0 Å². The molecule has 0 saturated heterocycles. The van der Waals surface area contributed by atoms with Crippen LogP contribution in [-0.4, -0.2) is 6.10 Å². The van der Waals surface area contributed by atoms with Gasteiger partial charge in [-0.05, 0) is 39.8 Å². The summed E-state index contributed by atoms with van der Waals surface area (Å²) in [4.78, 5) is 0. The van der Waals surface area contributed by atoms with Gasteiger partial charge in [0.1, 0.15) is 6.10 Å². The van der Waals surface area contributed by atoms with Crippen LogP contribution >= 0.6 is 7.82 Å². The Kier molecular flexibility index (Phi) is 23.6. The normalized spacial score (nSPS) is 16.8. The fraction of sp³-hybridized carbons (Fsp3) is 0.152. The van der Waals surface area contributed by atoms with Crippen LogP contribution in [0.15, 0.2) is 171 Å². The van der Waals surface area contributed by atoms with Crippen LogP contribution in [0.5, 0.6) is 0 Å². The summed E-state index contributed by atoms with van der Waals surface area (Å²) >= 11 is 0. The van der Waals surface area contributed by atoms with Crippen molar-refractivity contribution >= 4 is 7.82 Å².